The normalized spacial score (nSPS) is 17.9. The monoisotopic (exact) mass is 374 g/mol. The number of fused-ring (bicyclic) bond motifs is 1. The maximum Gasteiger partial charge on any atom is 0.147 e. The lowest BCUT2D eigenvalue weighted by molar-refractivity contribution is 0.122. The summed E-state index contributed by atoms with van der Waals surface area (Å²) in [6, 6.07) is 15.2. The highest BCUT2D eigenvalue weighted by Crippen LogP contribution is 2.27. The van der Waals surface area contributed by atoms with Gasteiger partial charge in [-0.05, 0) is 54.7 Å². The van der Waals surface area contributed by atoms with Crippen LogP contribution in [-0.2, 0) is 4.74 Å². The summed E-state index contributed by atoms with van der Waals surface area (Å²) in [7, 11) is 0. The number of nitrogens with zero attached hydrogens (tertiary/aromatic N) is 4. The quantitative estimate of drug-likeness (QED) is 0.690. The van der Waals surface area contributed by atoms with E-state index < -0.39 is 0 Å². The Morgan fingerprint density at radius 3 is 2.25 bits per heavy atom. The molecule has 3 heterocycles. The van der Waals surface area contributed by atoms with Crippen LogP contribution in [0.3, 0.4) is 0 Å². The molecular formula is C23H26N4O. The van der Waals surface area contributed by atoms with Crippen molar-refractivity contribution >= 4 is 22.5 Å². The number of anilines is 2. The Hall–Kier alpha value is -2.66. The topological polar surface area (TPSA) is 41.5 Å². The summed E-state index contributed by atoms with van der Waals surface area (Å²) in [5.74, 6) is 1.01. The van der Waals surface area contributed by atoms with Gasteiger partial charge in [-0.25, -0.2) is 4.98 Å². The molecule has 0 saturated carbocycles. The molecule has 0 atom stereocenters. The van der Waals surface area contributed by atoms with Crippen molar-refractivity contribution in [2.24, 2.45) is 0 Å². The molecule has 28 heavy (non-hydrogen) atoms. The van der Waals surface area contributed by atoms with Crippen LogP contribution >= 0.6 is 0 Å². The first-order valence-corrected chi connectivity index (χ1v) is 10.3. The molecule has 5 heteroatoms. The van der Waals surface area contributed by atoms with Crippen molar-refractivity contribution in [1.82, 2.24) is 9.97 Å². The number of aromatic nitrogens is 2. The summed E-state index contributed by atoms with van der Waals surface area (Å²) >= 11 is 0. The lowest BCUT2D eigenvalue weighted by Gasteiger charge is -2.29. The van der Waals surface area contributed by atoms with Crippen LogP contribution in [0.5, 0.6) is 0 Å². The second kappa shape index (κ2) is 7.76. The summed E-state index contributed by atoms with van der Waals surface area (Å²) in [6.45, 7) is 5.72. The zero-order valence-corrected chi connectivity index (χ0v) is 16.2. The summed E-state index contributed by atoms with van der Waals surface area (Å²) in [6.07, 6.45) is 5.73. The maximum atomic E-state index is 5.45. The first-order valence-electron chi connectivity index (χ1n) is 10.3. The molecule has 144 valence electrons. The zero-order chi connectivity index (χ0) is 18.8. The van der Waals surface area contributed by atoms with Crippen molar-refractivity contribution in [3.63, 3.8) is 0 Å². The van der Waals surface area contributed by atoms with Crippen LogP contribution in [0, 0.1) is 0 Å². The van der Waals surface area contributed by atoms with Gasteiger partial charge in [-0.15, -0.1) is 0 Å². The van der Waals surface area contributed by atoms with Crippen molar-refractivity contribution in [3.05, 3.63) is 48.7 Å². The highest BCUT2D eigenvalue weighted by Gasteiger charge is 2.14. The van der Waals surface area contributed by atoms with Crippen molar-refractivity contribution in [3.8, 4) is 11.1 Å². The fourth-order valence-corrected chi connectivity index (χ4v) is 4.14. The van der Waals surface area contributed by atoms with Crippen LogP contribution in [-0.4, -0.2) is 49.4 Å². The molecule has 2 saturated heterocycles. The third-order valence-corrected chi connectivity index (χ3v) is 5.79. The second-order valence-electron chi connectivity index (χ2n) is 7.63. The fraction of sp³-hybridized carbons (Fsp3) is 0.391. The lowest BCUT2D eigenvalue weighted by Crippen LogP contribution is -2.36. The fourth-order valence-electron chi connectivity index (χ4n) is 4.14. The van der Waals surface area contributed by atoms with Gasteiger partial charge in [0, 0.05) is 31.9 Å². The van der Waals surface area contributed by atoms with Crippen molar-refractivity contribution in [2.45, 2.75) is 19.3 Å². The molecule has 0 N–H and O–H groups in total. The van der Waals surface area contributed by atoms with E-state index in [4.69, 9.17) is 9.72 Å². The molecule has 5 nitrogen and oxygen atoms in total. The summed E-state index contributed by atoms with van der Waals surface area (Å²) in [5, 5.41) is 0. The number of hydrogen-bond acceptors (Lipinski definition) is 5. The van der Waals surface area contributed by atoms with Crippen molar-refractivity contribution < 1.29 is 4.74 Å². The number of hydrogen-bond donors (Lipinski definition) is 0. The van der Waals surface area contributed by atoms with Crippen molar-refractivity contribution in [2.75, 3.05) is 49.2 Å². The third-order valence-electron chi connectivity index (χ3n) is 5.79. The molecule has 2 fully saturated rings. The van der Waals surface area contributed by atoms with Gasteiger partial charge in [0.1, 0.15) is 5.82 Å². The van der Waals surface area contributed by atoms with Gasteiger partial charge in [0.2, 0.25) is 0 Å². The Kier molecular flexibility index (Phi) is 4.83. The van der Waals surface area contributed by atoms with Crippen molar-refractivity contribution in [1.29, 1.82) is 0 Å². The van der Waals surface area contributed by atoms with Gasteiger partial charge in [-0.2, -0.15) is 0 Å². The average Bonchev–Trinajstić information content (AvgIpc) is 2.80. The lowest BCUT2D eigenvalue weighted by atomic mass is 10.0. The van der Waals surface area contributed by atoms with Gasteiger partial charge < -0.3 is 14.5 Å². The molecule has 3 aromatic rings. The highest BCUT2D eigenvalue weighted by atomic mass is 16.5. The van der Waals surface area contributed by atoms with Crippen LogP contribution in [0.4, 0.5) is 11.5 Å². The summed E-state index contributed by atoms with van der Waals surface area (Å²) < 4.78 is 5.45. The minimum absolute atomic E-state index is 0.810. The van der Waals surface area contributed by atoms with E-state index in [-0.39, 0.29) is 0 Å². The van der Waals surface area contributed by atoms with Gasteiger partial charge in [-0.3, -0.25) is 4.98 Å². The molecule has 0 unspecified atom stereocenters. The van der Waals surface area contributed by atoms with E-state index in [1.807, 2.05) is 6.20 Å². The molecule has 0 bridgehead atoms. The van der Waals surface area contributed by atoms with Gasteiger partial charge in [0.25, 0.3) is 0 Å². The van der Waals surface area contributed by atoms with Crippen LogP contribution in [0.15, 0.2) is 48.7 Å². The Morgan fingerprint density at radius 1 is 0.714 bits per heavy atom. The van der Waals surface area contributed by atoms with Crippen LogP contribution < -0.4 is 9.80 Å². The number of ether oxygens (including phenoxy) is 1. The van der Waals surface area contributed by atoms with E-state index in [1.54, 1.807) is 0 Å². The van der Waals surface area contributed by atoms with Gasteiger partial charge in [-0.1, -0.05) is 18.2 Å². The number of rotatable bonds is 3. The van der Waals surface area contributed by atoms with Gasteiger partial charge >= 0.3 is 0 Å². The van der Waals surface area contributed by atoms with Crippen LogP contribution in [0.1, 0.15) is 19.3 Å². The average molecular weight is 374 g/mol. The maximum absolute atomic E-state index is 5.45. The van der Waals surface area contributed by atoms with Crippen LogP contribution in [0.2, 0.25) is 0 Å². The molecule has 0 spiro atoms. The van der Waals surface area contributed by atoms with E-state index in [1.165, 1.54) is 36.1 Å². The van der Waals surface area contributed by atoms with E-state index in [0.717, 1.165) is 56.2 Å². The zero-order valence-electron chi connectivity index (χ0n) is 16.2. The molecule has 5 rings (SSSR count). The smallest absolute Gasteiger partial charge is 0.147 e. The first kappa shape index (κ1) is 17.4. The SMILES string of the molecule is c1cc(N2CCOCC2)ccc1-c1ccc2ncc(N3CCCCC3)nc2c1. The first-order chi connectivity index (χ1) is 13.9. The molecule has 2 aromatic carbocycles. The minimum atomic E-state index is 0.810. The molecule has 2 aliphatic rings. The number of morpholine rings is 1. The number of benzene rings is 2. The van der Waals surface area contributed by atoms with E-state index in [2.05, 4.69) is 57.2 Å². The standard InChI is InChI=1S/C23H26N4O/c1-2-10-27(11-3-1)23-17-24-21-9-6-19(16-22(21)25-23)18-4-7-20(8-5-18)26-12-14-28-15-13-26/h4-9,16-17H,1-3,10-15H2. The Bertz CT molecular complexity index is 944. The predicted molar refractivity (Wildman–Crippen MR) is 114 cm³/mol. The molecule has 2 aliphatic heterocycles. The summed E-state index contributed by atoms with van der Waals surface area (Å²) in [5.41, 5.74) is 5.59. The molecule has 0 aliphatic carbocycles. The van der Waals surface area contributed by atoms with Gasteiger partial charge in [0.05, 0.1) is 30.4 Å². The molecular weight excluding hydrogens is 348 g/mol. The summed E-state index contributed by atoms with van der Waals surface area (Å²) in [4.78, 5) is 14.3. The third kappa shape index (κ3) is 3.54. The van der Waals surface area contributed by atoms with E-state index >= 15 is 0 Å². The molecule has 1 aromatic heterocycles. The second-order valence-corrected chi connectivity index (χ2v) is 7.63. The highest BCUT2D eigenvalue weighted by molar-refractivity contribution is 5.82. The van der Waals surface area contributed by atoms with E-state index in [9.17, 15) is 0 Å². The predicted octanol–water partition coefficient (Wildman–Crippen LogP) is 4.12. The van der Waals surface area contributed by atoms with E-state index in [0.29, 0.717) is 0 Å². The number of piperidine rings is 1. The van der Waals surface area contributed by atoms with Crippen LogP contribution in [0.25, 0.3) is 22.2 Å². The largest absolute Gasteiger partial charge is 0.378 e. The Morgan fingerprint density at radius 2 is 1.46 bits per heavy atom. The molecule has 0 radical (unpaired) electrons. The Labute approximate surface area is 166 Å². The Balaban J connectivity index is 1.41. The van der Waals surface area contributed by atoms with Gasteiger partial charge in [0.15, 0.2) is 0 Å². The molecule has 0 amide bonds. The minimum Gasteiger partial charge on any atom is -0.378 e.